The summed E-state index contributed by atoms with van der Waals surface area (Å²) in [5.74, 6) is 1.50. The number of nitrogens with two attached hydrogens (primary N) is 1. The molecular weight excluding hydrogens is 244 g/mol. The van der Waals surface area contributed by atoms with Crippen LogP contribution in [-0.4, -0.2) is 28.7 Å². The van der Waals surface area contributed by atoms with Gasteiger partial charge < -0.3 is 15.2 Å². The molecule has 0 aliphatic rings. The summed E-state index contributed by atoms with van der Waals surface area (Å²) in [4.78, 5) is 12.6. The molecule has 0 aliphatic heterocycles. The summed E-state index contributed by atoms with van der Waals surface area (Å²) in [5.41, 5.74) is 7.38. The molecule has 2 N–H and O–H groups in total. The van der Waals surface area contributed by atoms with E-state index >= 15 is 0 Å². The van der Waals surface area contributed by atoms with Crippen LogP contribution in [0.3, 0.4) is 0 Å². The molecule has 0 atom stereocenters. The van der Waals surface area contributed by atoms with Crippen molar-refractivity contribution in [3.63, 3.8) is 0 Å². The van der Waals surface area contributed by atoms with Crippen molar-refractivity contribution in [2.75, 3.05) is 19.5 Å². The summed E-state index contributed by atoms with van der Waals surface area (Å²) in [6, 6.07) is 5.35. The van der Waals surface area contributed by atoms with Crippen molar-refractivity contribution in [3.8, 4) is 17.1 Å². The molecule has 2 heterocycles. The predicted octanol–water partition coefficient (Wildman–Crippen LogP) is 1.67. The molecule has 0 bridgehead atoms. The van der Waals surface area contributed by atoms with Gasteiger partial charge in [-0.3, -0.25) is 0 Å². The van der Waals surface area contributed by atoms with E-state index in [0.717, 1.165) is 11.3 Å². The van der Waals surface area contributed by atoms with E-state index in [1.807, 2.05) is 13.0 Å². The molecule has 0 aliphatic carbocycles. The Kier molecular flexibility index (Phi) is 4.25. The van der Waals surface area contributed by atoms with Crippen molar-refractivity contribution >= 4 is 5.82 Å². The zero-order valence-electron chi connectivity index (χ0n) is 11.0. The molecule has 0 spiro atoms. The van der Waals surface area contributed by atoms with Gasteiger partial charge >= 0.3 is 0 Å². The monoisotopic (exact) mass is 260 g/mol. The Labute approximate surface area is 111 Å². The Bertz CT molecular complexity index is 560. The molecule has 0 aromatic carbocycles. The van der Waals surface area contributed by atoms with Crippen LogP contribution >= 0.6 is 0 Å². The van der Waals surface area contributed by atoms with Crippen LogP contribution in [0.2, 0.25) is 0 Å². The standard InChI is InChI=1S/C13H16N4O2/c1-3-19-8-12-16-10(7-11(14)17-12)9-4-5-15-13(6-9)18-2/h4-7H,3,8H2,1-2H3,(H2,14,16,17). The van der Waals surface area contributed by atoms with Crippen LogP contribution < -0.4 is 10.5 Å². The number of aromatic nitrogens is 3. The van der Waals surface area contributed by atoms with Crippen molar-refractivity contribution in [3.05, 3.63) is 30.2 Å². The normalized spacial score (nSPS) is 10.4. The van der Waals surface area contributed by atoms with Gasteiger partial charge in [-0.05, 0) is 13.0 Å². The highest BCUT2D eigenvalue weighted by atomic mass is 16.5. The first-order valence-corrected chi connectivity index (χ1v) is 5.94. The summed E-state index contributed by atoms with van der Waals surface area (Å²) in [5, 5.41) is 0. The van der Waals surface area contributed by atoms with Crippen LogP contribution in [0.5, 0.6) is 5.88 Å². The van der Waals surface area contributed by atoms with Crippen molar-refractivity contribution in [2.24, 2.45) is 0 Å². The van der Waals surface area contributed by atoms with E-state index in [1.165, 1.54) is 0 Å². The third-order valence-corrected chi connectivity index (χ3v) is 2.47. The van der Waals surface area contributed by atoms with Crippen LogP contribution in [0.4, 0.5) is 5.82 Å². The van der Waals surface area contributed by atoms with Crippen LogP contribution in [0.25, 0.3) is 11.3 Å². The quantitative estimate of drug-likeness (QED) is 0.880. The lowest BCUT2D eigenvalue weighted by Gasteiger charge is -2.07. The van der Waals surface area contributed by atoms with Gasteiger partial charge in [-0.15, -0.1) is 0 Å². The van der Waals surface area contributed by atoms with E-state index in [2.05, 4.69) is 15.0 Å². The predicted molar refractivity (Wildman–Crippen MR) is 71.6 cm³/mol. The van der Waals surface area contributed by atoms with Crippen molar-refractivity contribution in [2.45, 2.75) is 13.5 Å². The van der Waals surface area contributed by atoms with Crippen LogP contribution in [0.1, 0.15) is 12.7 Å². The molecule has 2 aromatic heterocycles. The number of nitrogens with zero attached hydrogens (tertiary/aromatic N) is 3. The molecule has 0 fully saturated rings. The number of pyridine rings is 1. The molecular formula is C13H16N4O2. The summed E-state index contributed by atoms with van der Waals surface area (Å²) in [7, 11) is 1.57. The minimum atomic E-state index is 0.344. The number of nitrogen functional groups attached to an aromatic ring is 1. The number of hydrogen-bond donors (Lipinski definition) is 1. The maximum Gasteiger partial charge on any atom is 0.213 e. The SMILES string of the molecule is CCOCc1nc(N)cc(-c2ccnc(OC)c2)n1. The highest BCUT2D eigenvalue weighted by Gasteiger charge is 2.06. The Morgan fingerprint density at radius 3 is 2.84 bits per heavy atom. The van der Waals surface area contributed by atoms with E-state index < -0.39 is 0 Å². The molecule has 2 aromatic rings. The first kappa shape index (κ1) is 13.2. The number of ether oxygens (including phenoxy) is 2. The van der Waals surface area contributed by atoms with Gasteiger partial charge in [-0.2, -0.15) is 0 Å². The lowest BCUT2D eigenvalue weighted by Crippen LogP contribution is -2.03. The van der Waals surface area contributed by atoms with E-state index in [4.69, 9.17) is 15.2 Å². The van der Waals surface area contributed by atoms with Gasteiger partial charge in [-0.25, -0.2) is 15.0 Å². The topological polar surface area (TPSA) is 83.2 Å². The number of methoxy groups -OCH3 is 1. The summed E-state index contributed by atoms with van der Waals surface area (Å²) < 4.78 is 10.4. The van der Waals surface area contributed by atoms with Gasteiger partial charge in [0.15, 0.2) is 5.82 Å². The highest BCUT2D eigenvalue weighted by molar-refractivity contribution is 5.62. The van der Waals surface area contributed by atoms with Crippen LogP contribution in [0, 0.1) is 0 Å². The summed E-state index contributed by atoms with van der Waals surface area (Å²) in [6.45, 7) is 2.87. The molecule has 2 rings (SSSR count). The second-order valence-electron chi connectivity index (χ2n) is 3.82. The largest absolute Gasteiger partial charge is 0.481 e. The number of hydrogen-bond acceptors (Lipinski definition) is 6. The van der Waals surface area contributed by atoms with E-state index in [0.29, 0.717) is 30.7 Å². The molecule has 0 saturated carbocycles. The zero-order valence-corrected chi connectivity index (χ0v) is 11.0. The Balaban J connectivity index is 2.34. The maximum atomic E-state index is 5.79. The number of anilines is 1. The van der Waals surface area contributed by atoms with Gasteiger partial charge in [0.25, 0.3) is 0 Å². The fourth-order valence-corrected chi connectivity index (χ4v) is 1.60. The zero-order chi connectivity index (χ0) is 13.7. The Morgan fingerprint density at radius 1 is 1.26 bits per heavy atom. The molecule has 100 valence electrons. The molecule has 0 radical (unpaired) electrons. The number of rotatable bonds is 5. The van der Waals surface area contributed by atoms with Gasteiger partial charge in [0.05, 0.1) is 12.8 Å². The summed E-state index contributed by atoms with van der Waals surface area (Å²) >= 11 is 0. The van der Waals surface area contributed by atoms with E-state index in [1.54, 1.807) is 25.4 Å². The fraction of sp³-hybridized carbons (Fsp3) is 0.308. The van der Waals surface area contributed by atoms with E-state index in [-0.39, 0.29) is 0 Å². The third-order valence-electron chi connectivity index (χ3n) is 2.47. The van der Waals surface area contributed by atoms with Crippen molar-refractivity contribution in [1.29, 1.82) is 0 Å². The Morgan fingerprint density at radius 2 is 2.11 bits per heavy atom. The second kappa shape index (κ2) is 6.10. The van der Waals surface area contributed by atoms with Gasteiger partial charge in [0.1, 0.15) is 12.4 Å². The fourth-order valence-electron chi connectivity index (χ4n) is 1.60. The van der Waals surface area contributed by atoms with Gasteiger partial charge in [0.2, 0.25) is 5.88 Å². The van der Waals surface area contributed by atoms with Crippen LogP contribution in [0.15, 0.2) is 24.4 Å². The Hall–Kier alpha value is -2.21. The van der Waals surface area contributed by atoms with E-state index in [9.17, 15) is 0 Å². The third kappa shape index (κ3) is 3.38. The maximum absolute atomic E-state index is 5.79. The highest BCUT2D eigenvalue weighted by Crippen LogP contribution is 2.21. The molecule has 0 amide bonds. The summed E-state index contributed by atoms with van der Waals surface area (Å²) in [6.07, 6.45) is 1.66. The van der Waals surface area contributed by atoms with Crippen molar-refractivity contribution < 1.29 is 9.47 Å². The lowest BCUT2D eigenvalue weighted by molar-refractivity contribution is 0.128. The van der Waals surface area contributed by atoms with Gasteiger partial charge in [-0.1, -0.05) is 0 Å². The van der Waals surface area contributed by atoms with Crippen LogP contribution in [-0.2, 0) is 11.3 Å². The smallest absolute Gasteiger partial charge is 0.213 e. The first-order valence-electron chi connectivity index (χ1n) is 5.94. The average molecular weight is 260 g/mol. The second-order valence-corrected chi connectivity index (χ2v) is 3.82. The minimum absolute atomic E-state index is 0.344. The molecule has 6 heteroatoms. The molecule has 0 saturated heterocycles. The average Bonchev–Trinajstić information content (AvgIpc) is 2.44. The minimum Gasteiger partial charge on any atom is -0.481 e. The lowest BCUT2D eigenvalue weighted by atomic mass is 10.2. The molecule has 19 heavy (non-hydrogen) atoms. The first-order chi connectivity index (χ1) is 9.22. The van der Waals surface area contributed by atoms with Gasteiger partial charge in [0, 0.05) is 30.5 Å². The molecule has 6 nitrogen and oxygen atoms in total. The van der Waals surface area contributed by atoms with Crippen molar-refractivity contribution in [1.82, 2.24) is 15.0 Å². The molecule has 0 unspecified atom stereocenters.